The second kappa shape index (κ2) is 42.6. The molecule has 49 heavy (non-hydrogen) atoms. The summed E-state index contributed by atoms with van der Waals surface area (Å²) >= 11 is 0. The molecule has 288 valence electrons. The molecule has 0 radical (unpaired) electrons. The zero-order valence-electron chi connectivity index (χ0n) is 32.9. The lowest BCUT2D eigenvalue weighted by atomic mass is 10.0. The summed E-state index contributed by atoms with van der Waals surface area (Å²) < 4.78 is 0. The molecular weight excluding hydrogens is 601 g/mol. The van der Waals surface area contributed by atoms with Crippen LogP contribution >= 0.6 is 0 Å². The second-order valence-electron chi connectivity index (χ2n) is 15.2. The standard InChI is InChI=1S/C45H86N2O2/c46-44(48)42-40-38-36-34-32-30-28-26-24-22-20-18-16-14-12-10-8-6-4-2-1-3-5-7-9-11-13-15-17-19-21-23-25-27-29-31-33-35-37-39-41-43-45(47)49/h18-21H,1-17,22-43H2,(H2,46,48)(H2,47,49). The maximum atomic E-state index is 10.7. The Morgan fingerprint density at radius 1 is 0.245 bits per heavy atom. The zero-order chi connectivity index (χ0) is 35.6. The number of hydrogen-bond donors (Lipinski definition) is 2. The van der Waals surface area contributed by atoms with Gasteiger partial charge >= 0.3 is 0 Å². The molecule has 0 aromatic carbocycles. The highest BCUT2D eigenvalue weighted by Crippen LogP contribution is 2.16. The van der Waals surface area contributed by atoms with E-state index in [0.717, 1.165) is 25.7 Å². The molecule has 0 unspecified atom stereocenters. The average molecular weight is 687 g/mol. The molecule has 0 saturated carbocycles. The van der Waals surface area contributed by atoms with Crippen molar-refractivity contribution in [1.29, 1.82) is 0 Å². The molecule has 0 aliphatic rings. The summed E-state index contributed by atoms with van der Waals surface area (Å²) in [6, 6.07) is 0. The van der Waals surface area contributed by atoms with Gasteiger partial charge in [-0.2, -0.15) is 0 Å². The number of unbranched alkanes of at least 4 members (excludes halogenated alkanes) is 34. The van der Waals surface area contributed by atoms with Gasteiger partial charge in [0.1, 0.15) is 0 Å². The highest BCUT2D eigenvalue weighted by Gasteiger charge is 1.98. The molecule has 0 spiro atoms. The number of carbonyl (C=O) groups excluding carboxylic acids is 2. The topological polar surface area (TPSA) is 86.2 Å². The normalized spacial score (nSPS) is 11.8. The number of allylic oxidation sites excluding steroid dienone is 4. The van der Waals surface area contributed by atoms with Crippen molar-refractivity contribution in [2.24, 2.45) is 11.5 Å². The molecule has 0 bridgehead atoms. The predicted molar refractivity (Wildman–Crippen MR) is 217 cm³/mol. The quantitative estimate of drug-likeness (QED) is 0.0494. The number of carbonyl (C=O) groups is 2. The van der Waals surface area contributed by atoms with Gasteiger partial charge in [0.05, 0.1) is 0 Å². The van der Waals surface area contributed by atoms with Crippen LogP contribution in [0.25, 0.3) is 0 Å². The Kier molecular flexibility index (Phi) is 41.2. The molecule has 0 aliphatic heterocycles. The molecule has 0 atom stereocenters. The Hall–Kier alpha value is -1.58. The van der Waals surface area contributed by atoms with Gasteiger partial charge < -0.3 is 11.5 Å². The Balaban J connectivity index is 3.14. The zero-order valence-corrected chi connectivity index (χ0v) is 32.9. The lowest BCUT2D eigenvalue weighted by Gasteiger charge is -2.03. The van der Waals surface area contributed by atoms with Gasteiger partial charge in [-0.3, -0.25) is 9.59 Å². The predicted octanol–water partition coefficient (Wildman–Crippen LogP) is 14.3. The molecule has 0 aromatic rings. The van der Waals surface area contributed by atoms with Crippen molar-refractivity contribution in [1.82, 2.24) is 0 Å². The maximum Gasteiger partial charge on any atom is 0.217 e. The minimum atomic E-state index is -0.156. The van der Waals surface area contributed by atoms with Gasteiger partial charge in [-0.05, 0) is 64.2 Å². The van der Waals surface area contributed by atoms with E-state index < -0.39 is 0 Å². The highest BCUT2D eigenvalue weighted by atomic mass is 16.1. The minimum Gasteiger partial charge on any atom is -0.370 e. The SMILES string of the molecule is NC(=O)CCCCCCCCCCCC=CCCCCCCCCCCCCCCCCCC=CCCCCCCCCCCCC(N)=O. The Bertz CT molecular complexity index is 672. The van der Waals surface area contributed by atoms with Crippen LogP contribution in [0.3, 0.4) is 0 Å². The van der Waals surface area contributed by atoms with Crippen molar-refractivity contribution in [3.63, 3.8) is 0 Å². The Morgan fingerprint density at radius 2 is 0.388 bits per heavy atom. The first-order chi connectivity index (χ1) is 24.1. The van der Waals surface area contributed by atoms with Crippen LogP contribution in [0.4, 0.5) is 0 Å². The van der Waals surface area contributed by atoms with Crippen LogP contribution in [-0.4, -0.2) is 11.8 Å². The molecule has 0 saturated heterocycles. The van der Waals surface area contributed by atoms with Gasteiger partial charge in [0.15, 0.2) is 0 Å². The van der Waals surface area contributed by atoms with Crippen LogP contribution in [0.1, 0.15) is 250 Å². The fourth-order valence-corrected chi connectivity index (χ4v) is 6.89. The minimum absolute atomic E-state index is 0.156. The third-order valence-corrected chi connectivity index (χ3v) is 10.2. The van der Waals surface area contributed by atoms with Crippen LogP contribution in [-0.2, 0) is 9.59 Å². The summed E-state index contributed by atoms with van der Waals surface area (Å²) in [6.07, 6.45) is 60.4. The summed E-state index contributed by atoms with van der Waals surface area (Å²) in [5, 5.41) is 0. The lowest BCUT2D eigenvalue weighted by molar-refractivity contribution is -0.119. The maximum absolute atomic E-state index is 10.7. The van der Waals surface area contributed by atoms with Crippen LogP contribution in [0.15, 0.2) is 24.3 Å². The average Bonchev–Trinajstić information content (AvgIpc) is 3.08. The van der Waals surface area contributed by atoms with Crippen molar-refractivity contribution in [2.75, 3.05) is 0 Å². The lowest BCUT2D eigenvalue weighted by Crippen LogP contribution is -2.09. The molecule has 4 N–H and O–H groups in total. The smallest absolute Gasteiger partial charge is 0.217 e. The number of primary amides is 2. The van der Waals surface area contributed by atoms with Gasteiger partial charge in [0.2, 0.25) is 11.8 Å². The largest absolute Gasteiger partial charge is 0.370 e. The van der Waals surface area contributed by atoms with E-state index in [0.29, 0.717) is 12.8 Å². The van der Waals surface area contributed by atoms with E-state index in [9.17, 15) is 9.59 Å². The van der Waals surface area contributed by atoms with E-state index in [1.54, 1.807) is 0 Å². The summed E-state index contributed by atoms with van der Waals surface area (Å²) in [7, 11) is 0. The van der Waals surface area contributed by atoms with E-state index in [-0.39, 0.29) is 11.8 Å². The molecule has 0 aromatic heterocycles. The first kappa shape index (κ1) is 47.4. The number of rotatable bonds is 42. The number of hydrogen-bond acceptors (Lipinski definition) is 2. The van der Waals surface area contributed by atoms with E-state index >= 15 is 0 Å². The molecule has 4 nitrogen and oxygen atoms in total. The number of amides is 2. The molecule has 2 amide bonds. The molecule has 0 heterocycles. The van der Waals surface area contributed by atoms with Crippen molar-refractivity contribution in [3.8, 4) is 0 Å². The first-order valence-corrected chi connectivity index (χ1v) is 22.0. The van der Waals surface area contributed by atoms with Crippen LogP contribution in [0.5, 0.6) is 0 Å². The van der Waals surface area contributed by atoms with E-state index in [1.165, 1.54) is 212 Å². The van der Waals surface area contributed by atoms with E-state index in [1.807, 2.05) is 0 Å². The van der Waals surface area contributed by atoms with Gasteiger partial charge in [-0.25, -0.2) is 0 Å². The van der Waals surface area contributed by atoms with Crippen molar-refractivity contribution >= 4 is 11.8 Å². The first-order valence-electron chi connectivity index (χ1n) is 22.0. The molecule has 0 rings (SSSR count). The third kappa shape index (κ3) is 46.4. The van der Waals surface area contributed by atoms with Gasteiger partial charge in [0.25, 0.3) is 0 Å². The third-order valence-electron chi connectivity index (χ3n) is 10.2. The van der Waals surface area contributed by atoms with Gasteiger partial charge in [-0.1, -0.05) is 198 Å². The van der Waals surface area contributed by atoms with Crippen LogP contribution in [0.2, 0.25) is 0 Å². The van der Waals surface area contributed by atoms with E-state index in [4.69, 9.17) is 11.5 Å². The fraction of sp³-hybridized carbons (Fsp3) is 0.867. The molecule has 0 aliphatic carbocycles. The van der Waals surface area contributed by atoms with Crippen molar-refractivity contribution < 1.29 is 9.59 Å². The molecule has 4 heteroatoms. The molecule has 0 fully saturated rings. The van der Waals surface area contributed by atoms with Crippen LogP contribution < -0.4 is 11.5 Å². The summed E-state index contributed by atoms with van der Waals surface area (Å²) in [5.74, 6) is -0.313. The summed E-state index contributed by atoms with van der Waals surface area (Å²) in [6.45, 7) is 0. The van der Waals surface area contributed by atoms with E-state index in [2.05, 4.69) is 24.3 Å². The molecular formula is C45H86N2O2. The van der Waals surface area contributed by atoms with Gasteiger partial charge in [0, 0.05) is 12.8 Å². The number of nitrogens with two attached hydrogens (primary N) is 2. The monoisotopic (exact) mass is 687 g/mol. The fourth-order valence-electron chi connectivity index (χ4n) is 6.89. The Labute approximate surface area is 306 Å². The highest BCUT2D eigenvalue weighted by molar-refractivity contribution is 5.73. The summed E-state index contributed by atoms with van der Waals surface area (Å²) in [4.78, 5) is 21.4. The Morgan fingerprint density at radius 3 is 0.551 bits per heavy atom. The second-order valence-corrected chi connectivity index (χ2v) is 15.2. The van der Waals surface area contributed by atoms with Crippen molar-refractivity contribution in [3.05, 3.63) is 24.3 Å². The summed E-state index contributed by atoms with van der Waals surface area (Å²) in [5.41, 5.74) is 10.4. The van der Waals surface area contributed by atoms with Crippen LogP contribution in [0, 0.1) is 0 Å². The van der Waals surface area contributed by atoms with Crippen molar-refractivity contribution in [2.45, 2.75) is 250 Å². The van der Waals surface area contributed by atoms with Gasteiger partial charge in [-0.15, -0.1) is 0 Å².